The lowest BCUT2D eigenvalue weighted by atomic mass is 9.86. The number of aryl methyl sites for hydroxylation is 1. The molecule has 2 N–H and O–H groups in total. The normalized spacial score (nSPS) is 18.6. The predicted molar refractivity (Wildman–Crippen MR) is 114 cm³/mol. The van der Waals surface area contributed by atoms with Gasteiger partial charge in [0.25, 0.3) is 5.91 Å². The molecule has 0 radical (unpaired) electrons. The number of benzene rings is 1. The monoisotopic (exact) mass is 392 g/mol. The first-order chi connectivity index (χ1) is 13.9. The number of nitrogens with one attached hydrogen (secondary N) is 2. The smallest absolute Gasteiger partial charge is 0.251 e. The van der Waals surface area contributed by atoms with Crippen molar-refractivity contribution < 1.29 is 4.79 Å². The van der Waals surface area contributed by atoms with E-state index in [1.54, 1.807) is 24.3 Å². The van der Waals surface area contributed by atoms with E-state index in [0.717, 1.165) is 43.7 Å². The van der Waals surface area contributed by atoms with Crippen molar-refractivity contribution in [3.63, 3.8) is 0 Å². The lowest BCUT2D eigenvalue weighted by molar-refractivity contribution is 0.0922. The van der Waals surface area contributed by atoms with Crippen molar-refractivity contribution in [3.05, 3.63) is 47.2 Å². The fourth-order valence-corrected chi connectivity index (χ4v) is 3.57. The largest absolute Gasteiger partial charge is 0.363 e. The van der Waals surface area contributed by atoms with Crippen LogP contribution >= 0.6 is 0 Å². The number of rotatable bonds is 6. The van der Waals surface area contributed by atoms with E-state index in [-0.39, 0.29) is 11.9 Å². The molecule has 7 nitrogen and oxygen atoms in total. The van der Waals surface area contributed by atoms with Crippen molar-refractivity contribution >= 4 is 17.7 Å². The number of nitriles is 1. The van der Waals surface area contributed by atoms with Gasteiger partial charge in [-0.25, -0.2) is 4.98 Å². The second-order valence-electron chi connectivity index (χ2n) is 7.85. The van der Waals surface area contributed by atoms with Crippen LogP contribution in [-0.4, -0.2) is 42.6 Å². The minimum Gasteiger partial charge on any atom is -0.363 e. The summed E-state index contributed by atoms with van der Waals surface area (Å²) in [6, 6.07) is 11.0. The number of amides is 1. The van der Waals surface area contributed by atoms with Crippen molar-refractivity contribution in [2.24, 2.45) is 5.92 Å². The zero-order valence-electron chi connectivity index (χ0n) is 17.3. The van der Waals surface area contributed by atoms with E-state index >= 15 is 0 Å². The predicted octanol–water partition coefficient (Wildman–Crippen LogP) is 3.12. The Balaban J connectivity index is 1.46. The van der Waals surface area contributed by atoms with Gasteiger partial charge in [0, 0.05) is 44.0 Å². The number of anilines is 2. The van der Waals surface area contributed by atoms with Crippen LogP contribution in [0.5, 0.6) is 0 Å². The highest BCUT2D eigenvalue weighted by Crippen LogP contribution is 2.25. The average molecular weight is 393 g/mol. The molecule has 3 rings (SSSR count). The van der Waals surface area contributed by atoms with Gasteiger partial charge in [0.2, 0.25) is 5.95 Å². The van der Waals surface area contributed by atoms with Crippen molar-refractivity contribution in [3.8, 4) is 6.07 Å². The van der Waals surface area contributed by atoms with Crippen LogP contribution in [0.1, 0.15) is 47.3 Å². The molecule has 1 aliphatic carbocycles. The van der Waals surface area contributed by atoms with Gasteiger partial charge in [-0.05, 0) is 62.8 Å². The SMILES string of the molecule is Cc1cc(N(C)C)nc(NCC2CCC(NC(=O)c3ccc(C#N)cc3)CC2)n1. The van der Waals surface area contributed by atoms with Crippen LogP contribution in [-0.2, 0) is 0 Å². The van der Waals surface area contributed by atoms with Crippen LogP contribution < -0.4 is 15.5 Å². The molecule has 1 saturated carbocycles. The van der Waals surface area contributed by atoms with E-state index in [0.29, 0.717) is 23.0 Å². The van der Waals surface area contributed by atoms with Gasteiger partial charge in [-0.15, -0.1) is 0 Å². The van der Waals surface area contributed by atoms with Crippen molar-refractivity contribution in [2.75, 3.05) is 30.9 Å². The molecule has 0 atom stereocenters. The van der Waals surface area contributed by atoms with E-state index in [1.165, 1.54) is 0 Å². The summed E-state index contributed by atoms with van der Waals surface area (Å²) in [5, 5.41) is 15.4. The summed E-state index contributed by atoms with van der Waals surface area (Å²) in [5.74, 6) is 2.05. The molecule has 152 valence electrons. The molecule has 0 saturated heterocycles. The Kier molecular flexibility index (Phi) is 6.65. The van der Waals surface area contributed by atoms with E-state index in [2.05, 4.69) is 26.7 Å². The Morgan fingerprint density at radius 3 is 2.48 bits per heavy atom. The van der Waals surface area contributed by atoms with E-state index in [9.17, 15) is 4.79 Å². The first-order valence-electron chi connectivity index (χ1n) is 10.0. The molecule has 0 unspecified atom stereocenters. The highest BCUT2D eigenvalue weighted by Gasteiger charge is 2.23. The number of carbonyl (C=O) groups is 1. The summed E-state index contributed by atoms with van der Waals surface area (Å²) in [5.41, 5.74) is 2.10. The summed E-state index contributed by atoms with van der Waals surface area (Å²) in [6.07, 6.45) is 4.04. The Hall–Kier alpha value is -3.14. The Labute approximate surface area is 172 Å². The van der Waals surface area contributed by atoms with Gasteiger partial charge in [-0.1, -0.05) is 0 Å². The molecule has 1 aromatic carbocycles. The van der Waals surface area contributed by atoms with Crippen LogP contribution in [0, 0.1) is 24.2 Å². The zero-order chi connectivity index (χ0) is 20.8. The molecule has 1 amide bonds. The fourth-order valence-electron chi connectivity index (χ4n) is 3.57. The molecule has 29 heavy (non-hydrogen) atoms. The molecule has 1 aliphatic rings. The molecule has 0 spiro atoms. The maximum Gasteiger partial charge on any atom is 0.251 e. The van der Waals surface area contributed by atoms with Crippen LogP contribution in [0.4, 0.5) is 11.8 Å². The molecule has 1 fully saturated rings. The van der Waals surface area contributed by atoms with E-state index in [4.69, 9.17) is 5.26 Å². The molecule has 1 heterocycles. The summed E-state index contributed by atoms with van der Waals surface area (Å²) in [7, 11) is 3.94. The lowest BCUT2D eigenvalue weighted by Crippen LogP contribution is -2.38. The Morgan fingerprint density at radius 1 is 1.17 bits per heavy atom. The van der Waals surface area contributed by atoms with Crippen LogP contribution in [0.15, 0.2) is 30.3 Å². The van der Waals surface area contributed by atoms with Gasteiger partial charge in [-0.3, -0.25) is 4.79 Å². The van der Waals surface area contributed by atoms with Gasteiger partial charge in [-0.2, -0.15) is 10.2 Å². The lowest BCUT2D eigenvalue weighted by Gasteiger charge is -2.29. The average Bonchev–Trinajstić information content (AvgIpc) is 2.73. The molecule has 1 aromatic heterocycles. The maximum atomic E-state index is 12.4. The minimum atomic E-state index is -0.0690. The van der Waals surface area contributed by atoms with Crippen molar-refractivity contribution in [1.29, 1.82) is 5.26 Å². The summed E-state index contributed by atoms with van der Waals surface area (Å²) < 4.78 is 0. The third-order valence-electron chi connectivity index (χ3n) is 5.31. The number of hydrogen-bond donors (Lipinski definition) is 2. The minimum absolute atomic E-state index is 0.0690. The topological polar surface area (TPSA) is 93.9 Å². The quantitative estimate of drug-likeness (QED) is 0.784. The second kappa shape index (κ2) is 9.37. The molecular weight excluding hydrogens is 364 g/mol. The highest BCUT2D eigenvalue weighted by atomic mass is 16.1. The zero-order valence-corrected chi connectivity index (χ0v) is 17.3. The summed E-state index contributed by atoms with van der Waals surface area (Å²) in [6.45, 7) is 2.81. The van der Waals surface area contributed by atoms with Gasteiger partial charge in [0.05, 0.1) is 11.6 Å². The van der Waals surface area contributed by atoms with Crippen LogP contribution in [0.3, 0.4) is 0 Å². The molecule has 2 aromatic rings. The number of carbonyl (C=O) groups excluding carboxylic acids is 1. The van der Waals surface area contributed by atoms with Gasteiger partial charge >= 0.3 is 0 Å². The summed E-state index contributed by atoms with van der Waals surface area (Å²) in [4.78, 5) is 23.4. The third kappa shape index (κ3) is 5.67. The first-order valence-corrected chi connectivity index (χ1v) is 10.0. The second-order valence-corrected chi connectivity index (χ2v) is 7.85. The number of hydrogen-bond acceptors (Lipinski definition) is 6. The first kappa shape index (κ1) is 20.6. The Morgan fingerprint density at radius 2 is 1.86 bits per heavy atom. The number of nitrogens with zero attached hydrogens (tertiary/aromatic N) is 4. The molecule has 7 heteroatoms. The fraction of sp³-hybridized carbons (Fsp3) is 0.455. The van der Waals surface area contributed by atoms with Gasteiger partial charge < -0.3 is 15.5 Å². The van der Waals surface area contributed by atoms with Crippen LogP contribution in [0.2, 0.25) is 0 Å². The molecular formula is C22H28N6O. The van der Waals surface area contributed by atoms with Crippen molar-refractivity contribution in [1.82, 2.24) is 15.3 Å². The summed E-state index contributed by atoms with van der Waals surface area (Å²) >= 11 is 0. The van der Waals surface area contributed by atoms with Crippen LogP contribution in [0.25, 0.3) is 0 Å². The Bertz CT molecular complexity index is 879. The van der Waals surface area contributed by atoms with Crippen molar-refractivity contribution in [2.45, 2.75) is 38.6 Å². The standard InChI is InChI=1S/C22H28N6O/c1-15-12-20(28(2)3)27-22(25-15)24-14-17-6-10-19(11-7-17)26-21(29)18-8-4-16(13-23)5-9-18/h4-5,8-9,12,17,19H,6-7,10-11,14H2,1-3H3,(H,26,29)(H,24,25,27). The van der Waals surface area contributed by atoms with Gasteiger partial charge in [0.15, 0.2) is 0 Å². The highest BCUT2D eigenvalue weighted by molar-refractivity contribution is 5.94. The number of aromatic nitrogens is 2. The van der Waals surface area contributed by atoms with Gasteiger partial charge in [0.1, 0.15) is 5.82 Å². The van der Waals surface area contributed by atoms with E-state index < -0.39 is 0 Å². The molecule has 0 bridgehead atoms. The molecule has 0 aliphatic heterocycles. The van der Waals surface area contributed by atoms with E-state index in [1.807, 2.05) is 32.0 Å². The third-order valence-corrected chi connectivity index (χ3v) is 5.31. The maximum absolute atomic E-state index is 12.4.